The Hall–Kier alpha value is -1.94. The molecule has 0 N–H and O–H groups in total. The van der Waals surface area contributed by atoms with Crippen LogP contribution in [0.5, 0.6) is 0 Å². The van der Waals surface area contributed by atoms with E-state index in [0.717, 1.165) is 10.4 Å². The summed E-state index contributed by atoms with van der Waals surface area (Å²) in [6, 6.07) is 13.3. The quantitative estimate of drug-likeness (QED) is 0.626. The first kappa shape index (κ1) is 15.4. The molecule has 0 bridgehead atoms. The Bertz CT molecular complexity index is 641. The molecule has 3 nitrogen and oxygen atoms in total. The predicted octanol–water partition coefficient (Wildman–Crippen LogP) is 3.62. The van der Waals surface area contributed by atoms with Gasteiger partial charge in [-0.3, -0.25) is 9.59 Å². The Morgan fingerprint density at radius 3 is 2.38 bits per heavy atom. The van der Waals surface area contributed by atoms with E-state index < -0.39 is 5.41 Å². The topological polar surface area (TPSA) is 43.4 Å². The maximum absolute atomic E-state index is 12.7. The molecule has 0 fully saturated rings. The molecule has 0 atom stereocenters. The van der Waals surface area contributed by atoms with Crippen LogP contribution in [0.15, 0.2) is 42.5 Å². The molecule has 2 aromatic rings. The fourth-order valence-electron chi connectivity index (χ4n) is 2.10. The van der Waals surface area contributed by atoms with E-state index in [-0.39, 0.29) is 18.2 Å². The number of methoxy groups -OCH3 is 1. The lowest BCUT2D eigenvalue weighted by Gasteiger charge is -2.22. The molecule has 0 aliphatic heterocycles. The highest BCUT2D eigenvalue weighted by atomic mass is 32.1. The van der Waals surface area contributed by atoms with Gasteiger partial charge in [-0.15, -0.1) is 11.3 Å². The number of esters is 1. The van der Waals surface area contributed by atoms with E-state index in [2.05, 4.69) is 4.74 Å². The first-order valence-corrected chi connectivity index (χ1v) is 7.52. The van der Waals surface area contributed by atoms with Crippen LogP contribution in [0.2, 0.25) is 0 Å². The summed E-state index contributed by atoms with van der Waals surface area (Å²) in [6.45, 7) is 3.84. The average molecular weight is 302 g/mol. The molecule has 0 amide bonds. The fraction of sp³-hybridized carbons (Fsp3) is 0.294. The molecule has 0 radical (unpaired) electrons. The smallest absolute Gasteiger partial charge is 0.310 e. The largest absolute Gasteiger partial charge is 0.469 e. The minimum atomic E-state index is -0.589. The van der Waals surface area contributed by atoms with Crippen molar-refractivity contribution >= 4 is 23.1 Å². The molecule has 0 unspecified atom stereocenters. The lowest BCUT2D eigenvalue weighted by atomic mass is 9.80. The summed E-state index contributed by atoms with van der Waals surface area (Å²) in [5.74, 6) is -0.229. The summed E-state index contributed by atoms with van der Waals surface area (Å²) in [4.78, 5) is 25.5. The van der Waals surface area contributed by atoms with Crippen molar-refractivity contribution < 1.29 is 14.3 Å². The van der Waals surface area contributed by atoms with Crippen molar-refractivity contribution in [1.82, 2.24) is 0 Å². The zero-order valence-corrected chi connectivity index (χ0v) is 13.2. The van der Waals surface area contributed by atoms with E-state index in [4.69, 9.17) is 0 Å². The van der Waals surface area contributed by atoms with Gasteiger partial charge in [-0.2, -0.15) is 0 Å². The number of Topliss-reactive ketones (excluding diaryl/α,β-unsaturated/α-hetero) is 1. The van der Waals surface area contributed by atoms with Crippen molar-refractivity contribution in [2.45, 2.75) is 25.7 Å². The number of carbonyl (C=O) groups excluding carboxylic acids is 2. The highest BCUT2D eigenvalue weighted by molar-refractivity contribution is 7.14. The van der Waals surface area contributed by atoms with Crippen LogP contribution in [0, 0.1) is 0 Å². The van der Waals surface area contributed by atoms with E-state index >= 15 is 0 Å². The molecule has 0 aliphatic rings. The van der Waals surface area contributed by atoms with Gasteiger partial charge in [0.2, 0.25) is 0 Å². The number of ketones is 1. The summed E-state index contributed by atoms with van der Waals surface area (Å²) >= 11 is 1.36. The summed E-state index contributed by atoms with van der Waals surface area (Å²) in [5.41, 5.74) is 0.396. The Morgan fingerprint density at radius 2 is 1.76 bits per heavy atom. The van der Waals surface area contributed by atoms with Crippen LogP contribution in [0.1, 0.15) is 34.0 Å². The van der Waals surface area contributed by atoms with Crippen LogP contribution in [-0.2, 0) is 21.4 Å². The van der Waals surface area contributed by atoms with Gasteiger partial charge in [-0.1, -0.05) is 30.3 Å². The van der Waals surface area contributed by atoms with Gasteiger partial charge < -0.3 is 4.74 Å². The van der Waals surface area contributed by atoms with Crippen molar-refractivity contribution in [3.63, 3.8) is 0 Å². The molecule has 1 aromatic carbocycles. The zero-order valence-electron chi connectivity index (χ0n) is 12.4. The number of benzene rings is 1. The minimum Gasteiger partial charge on any atom is -0.469 e. The normalized spacial score (nSPS) is 11.2. The number of rotatable bonds is 5. The third-order valence-corrected chi connectivity index (χ3v) is 4.58. The lowest BCUT2D eigenvalue weighted by molar-refractivity contribution is -0.139. The van der Waals surface area contributed by atoms with Crippen molar-refractivity contribution in [2.24, 2.45) is 0 Å². The predicted molar refractivity (Wildman–Crippen MR) is 83.8 cm³/mol. The molecule has 0 aliphatic carbocycles. The van der Waals surface area contributed by atoms with E-state index in [1.165, 1.54) is 18.4 Å². The molecular formula is C17H18O3S. The second-order valence-corrected chi connectivity index (χ2v) is 6.51. The van der Waals surface area contributed by atoms with Crippen LogP contribution in [0.25, 0.3) is 0 Å². The van der Waals surface area contributed by atoms with Crippen molar-refractivity contribution in [3.05, 3.63) is 57.8 Å². The van der Waals surface area contributed by atoms with Gasteiger partial charge in [0.05, 0.1) is 23.8 Å². The molecule has 1 aromatic heterocycles. The average Bonchev–Trinajstić information content (AvgIpc) is 2.95. The summed E-state index contributed by atoms with van der Waals surface area (Å²) in [5, 5.41) is 0. The molecule has 0 saturated carbocycles. The number of carbonyl (C=O) groups is 2. The van der Waals surface area contributed by atoms with Gasteiger partial charge in [0.25, 0.3) is 0 Å². The third-order valence-electron chi connectivity index (χ3n) is 3.49. The van der Waals surface area contributed by atoms with Gasteiger partial charge in [-0.25, -0.2) is 0 Å². The van der Waals surface area contributed by atoms with E-state index in [0.29, 0.717) is 4.88 Å². The van der Waals surface area contributed by atoms with E-state index in [1.807, 2.05) is 50.2 Å². The minimum absolute atomic E-state index is 0.0646. The SMILES string of the molecule is COC(=O)Cc1ccc(C(=O)C(C)(C)c2ccccc2)s1. The Labute approximate surface area is 128 Å². The van der Waals surface area contributed by atoms with Crippen LogP contribution in [-0.4, -0.2) is 18.9 Å². The maximum atomic E-state index is 12.7. The molecule has 21 heavy (non-hydrogen) atoms. The zero-order chi connectivity index (χ0) is 15.5. The number of ether oxygens (including phenoxy) is 1. The van der Waals surface area contributed by atoms with Crippen molar-refractivity contribution in [3.8, 4) is 0 Å². The van der Waals surface area contributed by atoms with E-state index in [9.17, 15) is 9.59 Å². The summed E-state index contributed by atoms with van der Waals surface area (Å²) in [6.07, 6.45) is 0.209. The van der Waals surface area contributed by atoms with Crippen LogP contribution >= 0.6 is 11.3 Å². The van der Waals surface area contributed by atoms with Gasteiger partial charge in [-0.05, 0) is 31.5 Å². The number of thiophene rings is 1. The standard InChI is InChI=1S/C17H18O3S/c1-17(2,12-7-5-4-6-8-12)16(19)14-10-9-13(21-14)11-15(18)20-3/h4-10H,11H2,1-3H3. The number of hydrogen-bond donors (Lipinski definition) is 0. The second kappa shape index (κ2) is 6.22. The van der Waals surface area contributed by atoms with Gasteiger partial charge in [0.1, 0.15) is 0 Å². The molecule has 110 valence electrons. The van der Waals surface area contributed by atoms with Gasteiger partial charge >= 0.3 is 5.97 Å². The fourth-order valence-corrected chi connectivity index (χ4v) is 3.20. The highest BCUT2D eigenvalue weighted by Crippen LogP contribution is 2.30. The van der Waals surface area contributed by atoms with Crippen LogP contribution in [0.3, 0.4) is 0 Å². The van der Waals surface area contributed by atoms with Gasteiger partial charge in [0, 0.05) is 4.88 Å². The van der Waals surface area contributed by atoms with Crippen molar-refractivity contribution in [1.29, 1.82) is 0 Å². The molecule has 0 spiro atoms. The second-order valence-electron chi connectivity index (χ2n) is 5.34. The van der Waals surface area contributed by atoms with Crippen LogP contribution < -0.4 is 0 Å². The molecular weight excluding hydrogens is 284 g/mol. The first-order chi connectivity index (χ1) is 9.95. The summed E-state index contributed by atoms with van der Waals surface area (Å²) in [7, 11) is 1.36. The maximum Gasteiger partial charge on any atom is 0.310 e. The Kier molecular flexibility index (Phi) is 4.58. The Balaban J connectivity index is 2.22. The third kappa shape index (κ3) is 3.39. The molecule has 1 heterocycles. The molecule has 4 heteroatoms. The first-order valence-electron chi connectivity index (χ1n) is 6.71. The Morgan fingerprint density at radius 1 is 1.10 bits per heavy atom. The van der Waals surface area contributed by atoms with Crippen LogP contribution in [0.4, 0.5) is 0 Å². The molecule has 2 rings (SSSR count). The lowest BCUT2D eigenvalue weighted by Crippen LogP contribution is -2.28. The van der Waals surface area contributed by atoms with Gasteiger partial charge in [0.15, 0.2) is 5.78 Å². The molecule has 0 saturated heterocycles. The highest BCUT2D eigenvalue weighted by Gasteiger charge is 2.31. The number of hydrogen-bond acceptors (Lipinski definition) is 4. The monoisotopic (exact) mass is 302 g/mol. The van der Waals surface area contributed by atoms with E-state index in [1.54, 1.807) is 6.07 Å². The summed E-state index contributed by atoms with van der Waals surface area (Å²) < 4.78 is 4.64. The van der Waals surface area contributed by atoms with Crippen molar-refractivity contribution in [2.75, 3.05) is 7.11 Å².